The molecule has 1 aliphatic carbocycles. The van der Waals surface area contributed by atoms with E-state index < -0.39 is 5.97 Å². The van der Waals surface area contributed by atoms with Gasteiger partial charge < -0.3 is 10.0 Å². The van der Waals surface area contributed by atoms with Crippen LogP contribution in [0.5, 0.6) is 0 Å². The fourth-order valence-electron chi connectivity index (χ4n) is 1.96. The summed E-state index contributed by atoms with van der Waals surface area (Å²) in [5, 5.41) is 8.87. The zero-order chi connectivity index (χ0) is 13.8. The zero-order valence-electron chi connectivity index (χ0n) is 10.5. The molecule has 1 aromatic rings. The number of aliphatic carboxylic acids is 1. The summed E-state index contributed by atoms with van der Waals surface area (Å²) in [6, 6.07) is 7.52. The van der Waals surface area contributed by atoms with Gasteiger partial charge in [0.15, 0.2) is 0 Å². The third-order valence-corrected chi connectivity index (χ3v) is 3.59. The van der Waals surface area contributed by atoms with Crippen molar-refractivity contribution in [1.29, 1.82) is 0 Å². The second-order valence-electron chi connectivity index (χ2n) is 4.92. The second-order valence-corrected chi connectivity index (χ2v) is 5.83. The predicted octanol–water partition coefficient (Wildman–Crippen LogP) is 2.31. The van der Waals surface area contributed by atoms with Crippen LogP contribution in [-0.2, 0) is 16.0 Å². The SMILES string of the molecule is O=C(O)CN(CC1CC1)C(=O)Cc1cccc(Br)c1. The Bertz CT molecular complexity index is 485. The van der Waals surface area contributed by atoms with E-state index in [1.807, 2.05) is 24.3 Å². The molecule has 0 saturated heterocycles. The molecule has 0 spiro atoms. The zero-order valence-corrected chi connectivity index (χ0v) is 12.1. The summed E-state index contributed by atoms with van der Waals surface area (Å²) in [4.78, 5) is 24.5. The number of hydrogen-bond donors (Lipinski definition) is 1. The minimum Gasteiger partial charge on any atom is -0.480 e. The molecule has 4 nitrogen and oxygen atoms in total. The van der Waals surface area contributed by atoms with E-state index in [4.69, 9.17) is 5.11 Å². The Morgan fingerprint density at radius 2 is 2.11 bits per heavy atom. The highest BCUT2D eigenvalue weighted by molar-refractivity contribution is 9.10. The number of carboxylic acid groups (broad SMARTS) is 1. The summed E-state index contributed by atoms with van der Waals surface area (Å²) in [6.07, 6.45) is 2.44. The van der Waals surface area contributed by atoms with Gasteiger partial charge in [-0.1, -0.05) is 28.1 Å². The van der Waals surface area contributed by atoms with Crippen molar-refractivity contribution in [3.05, 3.63) is 34.3 Å². The van der Waals surface area contributed by atoms with Crippen LogP contribution in [0.2, 0.25) is 0 Å². The van der Waals surface area contributed by atoms with Crippen molar-refractivity contribution in [3.8, 4) is 0 Å². The standard InChI is InChI=1S/C14H16BrNO3/c15-12-3-1-2-11(6-12)7-13(17)16(9-14(18)19)8-10-4-5-10/h1-3,6,10H,4-5,7-9H2,(H,18,19). The van der Waals surface area contributed by atoms with Crippen molar-refractivity contribution in [1.82, 2.24) is 4.90 Å². The van der Waals surface area contributed by atoms with Crippen LogP contribution in [0, 0.1) is 5.92 Å². The lowest BCUT2D eigenvalue weighted by molar-refractivity contribution is -0.144. The molecule has 0 radical (unpaired) electrons. The highest BCUT2D eigenvalue weighted by Crippen LogP contribution is 2.29. The third-order valence-electron chi connectivity index (χ3n) is 3.10. The van der Waals surface area contributed by atoms with E-state index in [0.29, 0.717) is 12.5 Å². The van der Waals surface area contributed by atoms with E-state index in [0.717, 1.165) is 22.9 Å². The summed E-state index contributed by atoms with van der Waals surface area (Å²) in [5.41, 5.74) is 0.894. The number of hydrogen-bond acceptors (Lipinski definition) is 2. The first kappa shape index (κ1) is 14.1. The lowest BCUT2D eigenvalue weighted by Crippen LogP contribution is -2.38. The molecule has 0 aromatic heterocycles. The van der Waals surface area contributed by atoms with Gasteiger partial charge in [-0.2, -0.15) is 0 Å². The Labute approximate surface area is 120 Å². The molecule has 1 fully saturated rings. The molecule has 0 heterocycles. The van der Waals surface area contributed by atoms with Crippen LogP contribution in [0.1, 0.15) is 18.4 Å². The summed E-state index contributed by atoms with van der Waals surface area (Å²) in [7, 11) is 0. The number of amides is 1. The van der Waals surface area contributed by atoms with E-state index in [-0.39, 0.29) is 18.9 Å². The Hall–Kier alpha value is -1.36. The molecule has 1 saturated carbocycles. The fraction of sp³-hybridized carbons (Fsp3) is 0.429. The van der Waals surface area contributed by atoms with Crippen LogP contribution >= 0.6 is 15.9 Å². The van der Waals surface area contributed by atoms with E-state index in [2.05, 4.69) is 15.9 Å². The number of carboxylic acids is 1. The summed E-state index contributed by atoms with van der Waals surface area (Å²) in [5.74, 6) is -0.582. The van der Waals surface area contributed by atoms with Crippen molar-refractivity contribution in [2.75, 3.05) is 13.1 Å². The number of halogens is 1. The molecule has 0 atom stereocenters. The molecular weight excluding hydrogens is 310 g/mol. The van der Waals surface area contributed by atoms with E-state index in [1.165, 1.54) is 4.90 Å². The van der Waals surface area contributed by atoms with Crippen molar-refractivity contribution < 1.29 is 14.7 Å². The summed E-state index contributed by atoms with van der Waals surface area (Å²) >= 11 is 3.36. The Balaban J connectivity index is 1.99. The Kier molecular flexibility index (Phi) is 4.58. The average molecular weight is 326 g/mol. The smallest absolute Gasteiger partial charge is 0.323 e. The molecular formula is C14H16BrNO3. The van der Waals surface area contributed by atoms with Gasteiger partial charge in [-0.25, -0.2) is 0 Å². The van der Waals surface area contributed by atoms with Crippen molar-refractivity contribution >= 4 is 27.8 Å². The quantitative estimate of drug-likeness (QED) is 0.873. The van der Waals surface area contributed by atoms with Crippen LogP contribution < -0.4 is 0 Å². The molecule has 5 heteroatoms. The van der Waals surface area contributed by atoms with Crippen molar-refractivity contribution in [2.45, 2.75) is 19.3 Å². The lowest BCUT2D eigenvalue weighted by atomic mass is 10.1. The van der Waals surface area contributed by atoms with Crippen LogP contribution in [-0.4, -0.2) is 35.0 Å². The predicted molar refractivity (Wildman–Crippen MR) is 74.8 cm³/mol. The lowest BCUT2D eigenvalue weighted by Gasteiger charge is -2.20. The summed E-state index contributed by atoms with van der Waals surface area (Å²) < 4.78 is 0.921. The van der Waals surface area contributed by atoms with Gasteiger partial charge in [0.25, 0.3) is 0 Å². The van der Waals surface area contributed by atoms with Crippen LogP contribution in [0.15, 0.2) is 28.7 Å². The monoisotopic (exact) mass is 325 g/mol. The molecule has 1 aliphatic rings. The molecule has 1 aromatic carbocycles. The van der Waals surface area contributed by atoms with Gasteiger partial charge in [0.1, 0.15) is 6.54 Å². The highest BCUT2D eigenvalue weighted by atomic mass is 79.9. The number of benzene rings is 1. The third kappa shape index (κ3) is 4.67. The second kappa shape index (κ2) is 6.19. The molecule has 1 N–H and O–H groups in total. The first-order valence-corrected chi connectivity index (χ1v) is 7.08. The van der Waals surface area contributed by atoms with Gasteiger partial charge in [0.05, 0.1) is 6.42 Å². The van der Waals surface area contributed by atoms with Gasteiger partial charge in [-0.15, -0.1) is 0 Å². The Morgan fingerprint density at radius 1 is 1.37 bits per heavy atom. The van der Waals surface area contributed by atoms with Crippen molar-refractivity contribution in [2.24, 2.45) is 5.92 Å². The van der Waals surface area contributed by atoms with Crippen LogP contribution in [0.4, 0.5) is 0 Å². The molecule has 0 unspecified atom stereocenters. The van der Waals surface area contributed by atoms with Gasteiger partial charge in [-0.05, 0) is 36.5 Å². The molecule has 1 amide bonds. The first-order valence-electron chi connectivity index (χ1n) is 6.28. The fourth-order valence-corrected chi connectivity index (χ4v) is 2.41. The molecule has 2 rings (SSSR count). The van der Waals surface area contributed by atoms with Crippen LogP contribution in [0.25, 0.3) is 0 Å². The maximum atomic E-state index is 12.2. The van der Waals surface area contributed by atoms with E-state index in [1.54, 1.807) is 0 Å². The number of rotatable bonds is 6. The number of nitrogens with zero attached hydrogens (tertiary/aromatic N) is 1. The van der Waals surface area contributed by atoms with Crippen LogP contribution in [0.3, 0.4) is 0 Å². The number of carbonyl (C=O) groups is 2. The Morgan fingerprint density at radius 3 is 2.68 bits per heavy atom. The van der Waals surface area contributed by atoms with Gasteiger partial charge in [0.2, 0.25) is 5.91 Å². The van der Waals surface area contributed by atoms with Gasteiger partial charge in [-0.3, -0.25) is 9.59 Å². The van der Waals surface area contributed by atoms with Crippen molar-refractivity contribution in [3.63, 3.8) is 0 Å². The molecule has 0 bridgehead atoms. The maximum Gasteiger partial charge on any atom is 0.323 e. The van der Waals surface area contributed by atoms with E-state index >= 15 is 0 Å². The minimum atomic E-state index is -0.955. The highest BCUT2D eigenvalue weighted by Gasteiger charge is 2.27. The number of carbonyl (C=O) groups excluding carboxylic acids is 1. The summed E-state index contributed by atoms with van der Waals surface area (Å²) in [6.45, 7) is 0.364. The average Bonchev–Trinajstić information content (AvgIpc) is 3.11. The normalized spacial score (nSPS) is 14.2. The maximum absolute atomic E-state index is 12.2. The van der Waals surface area contributed by atoms with Gasteiger partial charge >= 0.3 is 5.97 Å². The minimum absolute atomic E-state index is 0.118. The molecule has 0 aliphatic heterocycles. The molecule has 19 heavy (non-hydrogen) atoms. The molecule has 102 valence electrons. The largest absolute Gasteiger partial charge is 0.480 e. The topological polar surface area (TPSA) is 57.6 Å². The first-order chi connectivity index (χ1) is 9.04. The van der Waals surface area contributed by atoms with E-state index in [9.17, 15) is 9.59 Å². The van der Waals surface area contributed by atoms with Gasteiger partial charge in [0, 0.05) is 11.0 Å².